The summed E-state index contributed by atoms with van der Waals surface area (Å²) < 4.78 is 33.3. The van der Waals surface area contributed by atoms with Crippen molar-refractivity contribution in [3.8, 4) is 5.75 Å². The quantitative estimate of drug-likeness (QED) is 0.499. The Kier molecular flexibility index (Phi) is 6.57. The van der Waals surface area contributed by atoms with E-state index in [0.29, 0.717) is 46.0 Å². The van der Waals surface area contributed by atoms with Crippen LogP contribution in [-0.4, -0.2) is 43.8 Å². The van der Waals surface area contributed by atoms with Gasteiger partial charge in [0.15, 0.2) is 0 Å². The molecule has 11 heteroatoms. The lowest BCUT2D eigenvalue weighted by atomic mass is 10.0. The number of amides is 1. The van der Waals surface area contributed by atoms with E-state index in [1.807, 2.05) is 0 Å². The molecule has 0 aliphatic carbocycles. The Hall–Kier alpha value is -2.40. The first-order chi connectivity index (χ1) is 15.3. The molecule has 0 radical (unpaired) electrons. The van der Waals surface area contributed by atoms with E-state index in [2.05, 4.69) is 22.8 Å². The van der Waals surface area contributed by atoms with Crippen LogP contribution in [0.2, 0.25) is 5.02 Å². The monoisotopic (exact) mass is 494 g/mol. The van der Waals surface area contributed by atoms with E-state index in [9.17, 15) is 13.2 Å². The van der Waals surface area contributed by atoms with E-state index in [4.69, 9.17) is 16.3 Å². The Morgan fingerprint density at radius 3 is 2.69 bits per heavy atom. The Morgan fingerprint density at radius 1 is 1.25 bits per heavy atom. The summed E-state index contributed by atoms with van der Waals surface area (Å²) in [5, 5.41) is 0.982. The summed E-state index contributed by atoms with van der Waals surface area (Å²) in [6, 6.07) is 9.37. The third-order valence-corrected chi connectivity index (χ3v) is 8.65. The van der Waals surface area contributed by atoms with E-state index < -0.39 is 15.9 Å². The zero-order chi connectivity index (χ0) is 22.9. The number of halogens is 1. The number of benzene rings is 2. The molecule has 1 aromatic heterocycles. The number of carbonyl (C=O) groups is 1. The van der Waals surface area contributed by atoms with E-state index in [-0.39, 0.29) is 4.90 Å². The molecule has 8 nitrogen and oxygen atoms in total. The van der Waals surface area contributed by atoms with Crippen LogP contribution in [0.3, 0.4) is 0 Å². The van der Waals surface area contributed by atoms with Crippen molar-refractivity contribution in [1.82, 2.24) is 14.7 Å². The van der Waals surface area contributed by atoms with E-state index in [0.717, 1.165) is 17.5 Å². The Balaban J connectivity index is 1.44. The maximum Gasteiger partial charge on any atom is 0.269 e. The molecule has 0 saturated carbocycles. The van der Waals surface area contributed by atoms with Crippen LogP contribution in [0.15, 0.2) is 41.3 Å². The smallest absolute Gasteiger partial charge is 0.269 e. The minimum absolute atomic E-state index is 0.184. The normalized spacial score (nSPS) is 17.3. The number of nitrogens with one attached hydrogen (secondary N) is 2. The first-order valence-corrected chi connectivity index (χ1v) is 12.7. The van der Waals surface area contributed by atoms with Crippen molar-refractivity contribution < 1.29 is 17.9 Å². The van der Waals surface area contributed by atoms with Gasteiger partial charge in [-0.15, -0.1) is 0 Å². The number of anilines is 1. The number of hydrazine groups is 1. The third kappa shape index (κ3) is 4.54. The average molecular weight is 495 g/mol. The van der Waals surface area contributed by atoms with Crippen molar-refractivity contribution in [1.29, 1.82) is 0 Å². The van der Waals surface area contributed by atoms with E-state index >= 15 is 0 Å². The van der Waals surface area contributed by atoms with Crippen molar-refractivity contribution in [3.63, 3.8) is 0 Å². The van der Waals surface area contributed by atoms with E-state index in [1.54, 1.807) is 19.2 Å². The molecular weight excluding hydrogens is 472 g/mol. The number of hydrogen-bond acceptors (Lipinski definition) is 7. The molecule has 3 aromatic rings. The summed E-state index contributed by atoms with van der Waals surface area (Å²) in [6.45, 7) is 3.10. The highest BCUT2D eigenvalue weighted by Gasteiger charge is 2.28. The van der Waals surface area contributed by atoms with Gasteiger partial charge in [-0.1, -0.05) is 29.9 Å². The second kappa shape index (κ2) is 9.22. The highest BCUT2D eigenvalue weighted by Crippen LogP contribution is 2.37. The SMILES string of the molecule is COc1ccc(Cl)c2sc(NNC(=O)c3ccc(S(=O)(=O)N4CCCC(C)C4)cc3)nc12. The number of carbonyl (C=O) groups excluding carboxylic acids is 1. The molecule has 1 amide bonds. The van der Waals surface area contributed by atoms with Crippen molar-refractivity contribution in [2.75, 3.05) is 25.6 Å². The van der Waals surface area contributed by atoms with Crippen LogP contribution in [0, 0.1) is 5.92 Å². The highest BCUT2D eigenvalue weighted by molar-refractivity contribution is 7.89. The van der Waals surface area contributed by atoms with Gasteiger partial charge in [0.05, 0.1) is 21.7 Å². The summed E-state index contributed by atoms with van der Waals surface area (Å²) in [6.07, 6.45) is 1.89. The van der Waals surface area contributed by atoms with Gasteiger partial charge in [-0.2, -0.15) is 4.31 Å². The van der Waals surface area contributed by atoms with Crippen LogP contribution < -0.4 is 15.6 Å². The summed E-state index contributed by atoms with van der Waals surface area (Å²) in [5.74, 6) is 0.504. The number of aromatic nitrogens is 1. The predicted molar refractivity (Wildman–Crippen MR) is 126 cm³/mol. The molecule has 1 fully saturated rings. The molecule has 1 aliphatic heterocycles. The fourth-order valence-electron chi connectivity index (χ4n) is 3.65. The maximum atomic E-state index is 12.9. The molecular formula is C21H23ClN4O4S2. The van der Waals surface area contributed by atoms with Crippen molar-refractivity contribution in [3.05, 3.63) is 47.0 Å². The summed E-state index contributed by atoms with van der Waals surface area (Å²) >= 11 is 7.50. The van der Waals surface area contributed by atoms with Crippen LogP contribution in [0.5, 0.6) is 5.75 Å². The molecule has 0 bridgehead atoms. The maximum absolute atomic E-state index is 12.9. The molecule has 1 unspecified atom stereocenters. The molecule has 1 atom stereocenters. The van der Waals surface area contributed by atoms with Gasteiger partial charge in [-0.05, 0) is 55.2 Å². The number of fused-ring (bicyclic) bond motifs is 1. The topological polar surface area (TPSA) is 101 Å². The standard InChI is InChI=1S/C21H23ClN4O4S2/c1-13-4-3-11-26(12-13)32(28,29)15-7-5-14(6-8-15)20(27)24-25-21-23-18-17(30-2)10-9-16(22)19(18)31-21/h5-10,13H,3-4,11-12H2,1-2H3,(H,23,25)(H,24,27). The second-order valence-electron chi connectivity index (χ2n) is 7.66. The molecule has 32 heavy (non-hydrogen) atoms. The predicted octanol–water partition coefficient (Wildman–Crippen LogP) is 4.14. The molecule has 1 saturated heterocycles. The first kappa shape index (κ1) is 22.8. The van der Waals surface area contributed by atoms with Gasteiger partial charge in [-0.25, -0.2) is 13.4 Å². The number of piperidine rings is 1. The molecule has 4 rings (SSSR count). The van der Waals surface area contributed by atoms with Gasteiger partial charge in [0.2, 0.25) is 15.2 Å². The molecule has 0 spiro atoms. The van der Waals surface area contributed by atoms with Crippen LogP contribution in [0.1, 0.15) is 30.1 Å². The number of ether oxygens (including phenoxy) is 1. The summed E-state index contributed by atoms with van der Waals surface area (Å²) in [5.41, 5.74) is 6.28. The minimum Gasteiger partial charge on any atom is -0.494 e. The lowest BCUT2D eigenvalue weighted by Crippen LogP contribution is -2.39. The van der Waals surface area contributed by atoms with Crippen LogP contribution in [0.4, 0.5) is 5.13 Å². The minimum atomic E-state index is -3.56. The van der Waals surface area contributed by atoms with Crippen LogP contribution in [0.25, 0.3) is 10.2 Å². The Bertz CT molecular complexity index is 1240. The van der Waals surface area contributed by atoms with Gasteiger partial charge >= 0.3 is 0 Å². The second-order valence-corrected chi connectivity index (χ2v) is 11.0. The van der Waals surface area contributed by atoms with Gasteiger partial charge < -0.3 is 4.74 Å². The van der Waals surface area contributed by atoms with Gasteiger partial charge in [0.25, 0.3) is 5.91 Å². The number of hydrogen-bond donors (Lipinski definition) is 2. The first-order valence-electron chi connectivity index (χ1n) is 10.1. The molecule has 170 valence electrons. The fraction of sp³-hybridized carbons (Fsp3) is 0.333. The van der Waals surface area contributed by atoms with Crippen LogP contribution in [-0.2, 0) is 10.0 Å². The highest BCUT2D eigenvalue weighted by atomic mass is 35.5. The van der Waals surface area contributed by atoms with Gasteiger partial charge in [0.1, 0.15) is 11.3 Å². The number of methoxy groups -OCH3 is 1. The molecule has 2 N–H and O–H groups in total. The van der Waals surface area contributed by atoms with Crippen LogP contribution >= 0.6 is 22.9 Å². The Labute approximate surface area is 195 Å². The van der Waals surface area contributed by atoms with E-state index in [1.165, 1.54) is 39.9 Å². The van der Waals surface area contributed by atoms with Gasteiger partial charge in [0, 0.05) is 18.7 Å². The zero-order valence-electron chi connectivity index (χ0n) is 17.6. The number of nitrogens with zero attached hydrogens (tertiary/aromatic N) is 2. The summed E-state index contributed by atoms with van der Waals surface area (Å²) in [4.78, 5) is 17.1. The lowest BCUT2D eigenvalue weighted by molar-refractivity contribution is 0.0962. The van der Waals surface area contributed by atoms with Crippen molar-refractivity contribution in [2.45, 2.75) is 24.7 Å². The van der Waals surface area contributed by atoms with Crippen molar-refractivity contribution >= 4 is 54.2 Å². The molecule has 2 aromatic carbocycles. The number of sulfonamides is 1. The average Bonchev–Trinajstić information content (AvgIpc) is 3.23. The molecule has 1 aliphatic rings. The lowest BCUT2D eigenvalue weighted by Gasteiger charge is -2.30. The fourth-order valence-corrected chi connectivity index (χ4v) is 6.35. The molecule has 2 heterocycles. The van der Waals surface area contributed by atoms with Gasteiger partial charge in [-0.3, -0.25) is 15.6 Å². The summed E-state index contributed by atoms with van der Waals surface area (Å²) in [7, 11) is -2.02. The zero-order valence-corrected chi connectivity index (χ0v) is 20.0. The number of rotatable bonds is 6. The van der Waals surface area contributed by atoms with Crippen molar-refractivity contribution in [2.24, 2.45) is 5.92 Å². The number of thiazole rings is 1. The third-order valence-electron chi connectivity index (χ3n) is 5.34. The Morgan fingerprint density at radius 2 is 2.00 bits per heavy atom. The largest absolute Gasteiger partial charge is 0.494 e.